The van der Waals surface area contributed by atoms with Gasteiger partial charge < -0.3 is 9.50 Å². The van der Waals surface area contributed by atoms with Crippen LogP contribution >= 0.6 is 0 Å². The lowest BCUT2D eigenvalue weighted by Gasteiger charge is -2.38. The summed E-state index contributed by atoms with van der Waals surface area (Å²) < 4.78 is 145. The second-order valence-electron chi connectivity index (χ2n) is 9.10. The minimum absolute atomic E-state index is 0.0535. The first-order valence-electron chi connectivity index (χ1n) is 11.7. The number of halogens is 9. The van der Waals surface area contributed by atoms with Crippen LogP contribution in [0.4, 0.5) is 39.5 Å². The monoisotopic (exact) mass is 603 g/mol. The molecule has 40 heavy (non-hydrogen) atoms. The maximum absolute atomic E-state index is 13.4. The van der Waals surface area contributed by atoms with E-state index in [4.69, 9.17) is 0 Å². The predicted molar refractivity (Wildman–Crippen MR) is 124 cm³/mol. The molecule has 0 fully saturated rings. The molecule has 0 spiro atoms. The van der Waals surface area contributed by atoms with Crippen molar-refractivity contribution < 1.29 is 56.9 Å². The van der Waals surface area contributed by atoms with Gasteiger partial charge in [0, 0.05) is 6.42 Å². The number of carbonyl (C=O) groups is 1. The number of benzene rings is 2. The molecule has 1 N–H and O–H groups in total. The minimum Gasteiger partial charge on any atom is -0.381 e. The van der Waals surface area contributed by atoms with Crippen LogP contribution in [0.2, 0.25) is 0 Å². The summed E-state index contributed by atoms with van der Waals surface area (Å²) in [5, 5.41) is 2.65. The van der Waals surface area contributed by atoms with E-state index in [1.165, 1.54) is 6.92 Å². The normalized spacial score (nSPS) is 19.5. The number of alkyl halides is 9. The fourth-order valence-electron chi connectivity index (χ4n) is 4.37. The van der Waals surface area contributed by atoms with E-state index in [-0.39, 0.29) is 31.7 Å². The zero-order chi connectivity index (χ0) is 30.1. The van der Waals surface area contributed by atoms with Crippen LogP contribution in [0.15, 0.2) is 60.4 Å². The number of hydrogen-bond acceptors (Lipinski definition) is 4. The van der Waals surface area contributed by atoms with Gasteiger partial charge in [0.15, 0.2) is 0 Å². The zero-order valence-corrected chi connectivity index (χ0v) is 21.4. The molecule has 0 saturated heterocycles. The van der Waals surface area contributed by atoms with Crippen LogP contribution in [0.1, 0.15) is 60.8 Å². The van der Waals surface area contributed by atoms with E-state index in [0.29, 0.717) is 17.7 Å². The third-order valence-corrected chi connectivity index (χ3v) is 7.40. The van der Waals surface area contributed by atoms with E-state index < -0.39 is 67.8 Å². The van der Waals surface area contributed by atoms with Gasteiger partial charge in [-0.05, 0) is 54.7 Å². The molecular formula is C25H22F9NO4S. The van der Waals surface area contributed by atoms with Crippen molar-refractivity contribution in [2.45, 2.75) is 61.9 Å². The van der Waals surface area contributed by atoms with Crippen molar-refractivity contribution >= 4 is 16.0 Å². The summed E-state index contributed by atoms with van der Waals surface area (Å²) in [5.41, 5.74) is -10.3. The van der Waals surface area contributed by atoms with Crippen molar-refractivity contribution in [3.8, 4) is 0 Å². The van der Waals surface area contributed by atoms with Crippen LogP contribution in [0.25, 0.3) is 0 Å². The Morgan fingerprint density at radius 1 is 0.950 bits per heavy atom. The van der Waals surface area contributed by atoms with Crippen LogP contribution in [0, 0.1) is 0 Å². The van der Waals surface area contributed by atoms with Gasteiger partial charge in [0.1, 0.15) is 5.76 Å². The molecule has 1 amide bonds. The predicted octanol–water partition coefficient (Wildman–Crippen LogP) is 7.16. The minimum atomic E-state index is -5.95. The molecular weight excluding hydrogens is 581 g/mol. The molecule has 0 radical (unpaired) electrons. The largest absolute Gasteiger partial charge is 0.534 e. The molecule has 2 atom stereocenters. The molecule has 0 bridgehead atoms. The van der Waals surface area contributed by atoms with Crippen molar-refractivity contribution in [1.29, 1.82) is 0 Å². The summed E-state index contributed by atoms with van der Waals surface area (Å²) in [4.78, 5) is 13.4. The van der Waals surface area contributed by atoms with E-state index in [1.807, 2.05) is 0 Å². The highest BCUT2D eigenvalue weighted by atomic mass is 32.2. The van der Waals surface area contributed by atoms with Gasteiger partial charge >= 0.3 is 28.0 Å². The Hall–Kier alpha value is -3.23. The van der Waals surface area contributed by atoms with Gasteiger partial charge in [0.05, 0.1) is 22.6 Å². The molecule has 0 saturated carbocycles. The molecule has 220 valence electrons. The van der Waals surface area contributed by atoms with E-state index in [1.54, 1.807) is 30.3 Å². The summed E-state index contributed by atoms with van der Waals surface area (Å²) >= 11 is 0. The summed E-state index contributed by atoms with van der Waals surface area (Å²) in [6.07, 6.45) is -10.3. The first kappa shape index (κ1) is 31.3. The van der Waals surface area contributed by atoms with Crippen LogP contribution in [0.5, 0.6) is 0 Å². The average Bonchev–Trinajstić information content (AvgIpc) is 2.84. The Balaban J connectivity index is 1.99. The fourth-order valence-corrected chi connectivity index (χ4v) is 4.90. The highest BCUT2D eigenvalue weighted by molar-refractivity contribution is 7.87. The molecule has 5 nitrogen and oxygen atoms in total. The molecule has 1 aliphatic carbocycles. The molecule has 2 aromatic carbocycles. The lowest BCUT2D eigenvalue weighted by atomic mass is 9.78. The molecule has 0 aliphatic heterocycles. The maximum atomic E-state index is 13.4. The van der Waals surface area contributed by atoms with Gasteiger partial charge in [0.25, 0.3) is 0 Å². The van der Waals surface area contributed by atoms with Crippen LogP contribution < -0.4 is 5.32 Å². The van der Waals surface area contributed by atoms with E-state index >= 15 is 0 Å². The van der Waals surface area contributed by atoms with Crippen molar-refractivity contribution in [1.82, 2.24) is 5.32 Å². The average molecular weight is 604 g/mol. The van der Waals surface area contributed by atoms with Gasteiger partial charge in [-0.3, -0.25) is 4.79 Å². The van der Waals surface area contributed by atoms with Gasteiger partial charge in [-0.1, -0.05) is 37.3 Å². The number of allylic oxidation sites excluding steroid dienone is 1. The lowest BCUT2D eigenvalue weighted by molar-refractivity contribution is -0.143. The van der Waals surface area contributed by atoms with E-state index in [2.05, 4.69) is 9.50 Å². The van der Waals surface area contributed by atoms with Crippen LogP contribution in [0.3, 0.4) is 0 Å². The smallest absolute Gasteiger partial charge is 0.381 e. The number of carbonyl (C=O) groups excluding carboxylic acids is 1. The highest BCUT2D eigenvalue weighted by Crippen LogP contribution is 2.41. The van der Waals surface area contributed by atoms with E-state index in [9.17, 15) is 52.7 Å². The number of nitrogens with one attached hydrogen (secondary N) is 1. The van der Waals surface area contributed by atoms with E-state index in [0.717, 1.165) is 6.08 Å². The van der Waals surface area contributed by atoms with Crippen LogP contribution in [-0.4, -0.2) is 19.8 Å². The summed E-state index contributed by atoms with van der Waals surface area (Å²) in [6.45, 7) is 1.39. The molecule has 1 aliphatic rings. The third-order valence-electron chi connectivity index (χ3n) is 6.40. The van der Waals surface area contributed by atoms with Gasteiger partial charge in [-0.15, -0.1) is 0 Å². The maximum Gasteiger partial charge on any atom is 0.534 e. The number of rotatable bonds is 7. The molecule has 15 heteroatoms. The van der Waals surface area contributed by atoms with Crippen molar-refractivity contribution in [3.05, 3.63) is 82.6 Å². The topological polar surface area (TPSA) is 72.5 Å². The Kier molecular flexibility index (Phi) is 8.59. The first-order valence-corrected chi connectivity index (χ1v) is 13.1. The quantitative estimate of drug-likeness (QED) is 0.207. The number of hydrogen-bond donors (Lipinski definition) is 1. The third kappa shape index (κ3) is 6.91. The molecule has 2 unspecified atom stereocenters. The molecule has 0 aromatic heterocycles. The SMILES string of the molecule is CCC(C(=O)NC1(c2ccccc2)CC=C(OS(=O)(=O)C(F)(F)F)CC1)c1cc(C(F)(F)F)cc(C(F)(F)F)c1. The Bertz CT molecular complexity index is 1340. The molecule has 0 heterocycles. The molecule has 3 rings (SSSR count). The summed E-state index contributed by atoms with van der Waals surface area (Å²) in [5.74, 6) is -2.92. The fraction of sp³-hybridized carbons (Fsp3) is 0.400. The zero-order valence-electron chi connectivity index (χ0n) is 20.5. The van der Waals surface area contributed by atoms with Crippen LogP contribution in [-0.2, 0) is 37.0 Å². The summed E-state index contributed by atoms with van der Waals surface area (Å²) in [7, 11) is -5.95. The first-order chi connectivity index (χ1) is 18.3. The van der Waals surface area contributed by atoms with Crippen molar-refractivity contribution in [3.63, 3.8) is 0 Å². The second kappa shape index (κ2) is 11.0. The number of amides is 1. The van der Waals surface area contributed by atoms with Crippen molar-refractivity contribution in [2.75, 3.05) is 0 Å². The highest BCUT2D eigenvalue weighted by Gasteiger charge is 2.49. The van der Waals surface area contributed by atoms with Crippen molar-refractivity contribution in [2.24, 2.45) is 0 Å². The van der Waals surface area contributed by atoms with Gasteiger partial charge in [0.2, 0.25) is 5.91 Å². The van der Waals surface area contributed by atoms with Gasteiger partial charge in [-0.2, -0.15) is 47.9 Å². The lowest BCUT2D eigenvalue weighted by Crippen LogP contribution is -2.48. The Labute approximate surface area is 223 Å². The summed E-state index contributed by atoms with van der Waals surface area (Å²) in [6, 6.07) is 8.76. The molecule has 2 aromatic rings. The standard InChI is InChI=1S/C25H22F9NO4S/c1-2-20(15-12-17(23(26,27)28)14-18(13-15)24(29,30)31)21(36)35-22(16-6-4-3-5-7-16)10-8-19(9-11-22)39-40(37,38)25(32,33)34/h3-8,12-14,20H,2,9-11H2,1H3,(H,35,36). The Morgan fingerprint density at radius 2 is 1.50 bits per heavy atom. The van der Waals surface area contributed by atoms with Gasteiger partial charge in [-0.25, -0.2) is 0 Å². The second-order valence-corrected chi connectivity index (χ2v) is 10.6. The Morgan fingerprint density at radius 3 is 1.93 bits per heavy atom.